The van der Waals surface area contributed by atoms with Crippen LogP contribution in [0.3, 0.4) is 0 Å². The zero-order valence-electron chi connectivity index (χ0n) is 25.7. The molecule has 0 bridgehead atoms. The summed E-state index contributed by atoms with van der Waals surface area (Å²) >= 11 is 2.42. The normalized spacial score (nSPS) is 12.0. The first-order valence-electron chi connectivity index (χ1n) is 14.0. The van der Waals surface area contributed by atoms with Crippen molar-refractivity contribution in [3.63, 3.8) is 0 Å². The predicted molar refractivity (Wildman–Crippen MR) is 187 cm³/mol. The first-order chi connectivity index (χ1) is 23.2. The Balaban J connectivity index is 0.000000352. The highest BCUT2D eigenvalue weighted by atomic mass is 127. The summed E-state index contributed by atoms with van der Waals surface area (Å²) in [4.78, 5) is 4.05. The molecule has 266 valence electrons. The summed E-state index contributed by atoms with van der Waals surface area (Å²) in [6.45, 7) is 2.15. The highest BCUT2D eigenvalue weighted by Gasteiger charge is 2.44. The molecule has 50 heavy (non-hydrogen) atoms. The molecule has 5 aromatic carbocycles. The first-order valence-corrected chi connectivity index (χ1v) is 19.2. The van der Waals surface area contributed by atoms with Crippen LogP contribution in [0.2, 0.25) is 0 Å². The van der Waals surface area contributed by atoms with Gasteiger partial charge in [0.15, 0.2) is 24.8 Å². The lowest BCUT2D eigenvalue weighted by atomic mass is 9.99. The molecule has 0 aromatic heterocycles. The summed E-state index contributed by atoms with van der Waals surface area (Å²) in [5, 5.41) is 0. The van der Waals surface area contributed by atoms with Gasteiger partial charge in [-0.25, -0.2) is 8.42 Å². The second kappa shape index (κ2) is 17.2. The Morgan fingerprint density at radius 2 is 1.02 bits per heavy atom. The van der Waals surface area contributed by atoms with Gasteiger partial charge in [0.1, 0.15) is 0 Å². The summed E-state index contributed by atoms with van der Waals surface area (Å²) in [5.41, 5.74) is -4.62. The average Bonchev–Trinajstić information content (AvgIpc) is 3.03. The van der Waals surface area contributed by atoms with E-state index in [2.05, 4.69) is 157 Å². The fourth-order valence-corrected chi connectivity index (χ4v) is 6.89. The van der Waals surface area contributed by atoms with E-state index >= 15 is 0 Å². The third-order valence-electron chi connectivity index (χ3n) is 6.49. The summed E-state index contributed by atoms with van der Waals surface area (Å²) in [6, 6.07) is 46.5. The molecule has 5 rings (SSSR count). The monoisotopic (exact) mass is 868 g/mol. The Morgan fingerprint density at radius 3 is 1.40 bits per heavy atom. The maximum absolute atomic E-state index is 10.7. The van der Waals surface area contributed by atoms with Gasteiger partial charge in [-0.3, -0.25) is 4.55 Å². The van der Waals surface area contributed by atoms with Crippen LogP contribution in [0.5, 0.6) is 0 Å². The predicted octanol–water partition coefficient (Wildman–Crippen LogP) is 9.40. The molecule has 0 saturated heterocycles. The zero-order valence-corrected chi connectivity index (χ0v) is 30.3. The van der Waals surface area contributed by atoms with Gasteiger partial charge in [0, 0.05) is 3.57 Å². The van der Waals surface area contributed by atoms with Crippen LogP contribution in [0.4, 0.5) is 26.3 Å². The third kappa shape index (κ3) is 12.1. The van der Waals surface area contributed by atoms with Crippen molar-refractivity contribution >= 4 is 53.7 Å². The van der Waals surface area contributed by atoms with Gasteiger partial charge in [-0.1, -0.05) is 90.5 Å². The van der Waals surface area contributed by atoms with E-state index in [4.69, 9.17) is 25.9 Å². The van der Waals surface area contributed by atoms with Gasteiger partial charge in [0.25, 0.3) is 0 Å². The maximum Gasteiger partial charge on any atom is 0.522 e. The number of alkyl halides is 6. The highest BCUT2D eigenvalue weighted by Crippen LogP contribution is 2.32. The molecule has 1 N–H and O–H groups in total. The molecule has 16 heteroatoms. The SMILES string of the molecule is Cc1ccc(I)c(-c2ccc(Cc3ccc([S+](c4ccccc4)c4ccccc4)cc3)cc2)c1.O=S(=O)(O)C(F)(F)F.O=S(=O)([O-])C(F)(F)F. The molecule has 0 unspecified atom stereocenters. The fourth-order valence-electron chi connectivity index (χ4n) is 4.16. The number of hydrogen-bond donors (Lipinski definition) is 1. The molecule has 6 nitrogen and oxygen atoms in total. The van der Waals surface area contributed by atoms with E-state index in [1.807, 2.05) is 0 Å². The van der Waals surface area contributed by atoms with Crippen molar-refractivity contribution < 1.29 is 52.3 Å². The van der Waals surface area contributed by atoms with Crippen LogP contribution in [-0.4, -0.2) is 37.0 Å². The molecular formula is C34H27F6IO6S3. The first kappa shape index (κ1) is 41.0. The third-order valence-corrected chi connectivity index (χ3v) is 10.8. The Bertz CT molecular complexity index is 1980. The minimum atomic E-state index is -6.09. The lowest BCUT2D eigenvalue weighted by Crippen LogP contribution is -2.21. The number of benzene rings is 5. The molecule has 0 fully saturated rings. The van der Waals surface area contributed by atoms with Crippen LogP contribution in [0.15, 0.2) is 142 Å². The molecule has 0 aliphatic heterocycles. The minimum absolute atomic E-state index is 0.0987. The lowest BCUT2D eigenvalue weighted by Gasteiger charge is -2.10. The Labute approximate surface area is 302 Å². The Hall–Kier alpha value is -3.42. The maximum atomic E-state index is 10.7. The Morgan fingerprint density at radius 1 is 0.640 bits per heavy atom. The molecule has 0 saturated carbocycles. The van der Waals surface area contributed by atoms with Crippen LogP contribution in [0.25, 0.3) is 11.1 Å². The molecule has 0 atom stereocenters. The summed E-state index contributed by atoms with van der Waals surface area (Å²) in [5.74, 6) is 0. The second-order valence-electron chi connectivity index (χ2n) is 10.3. The van der Waals surface area contributed by atoms with Crippen LogP contribution in [-0.2, 0) is 37.6 Å². The largest absolute Gasteiger partial charge is 0.741 e. The standard InChI is InChI=1S/C32H26IS.2CHF3O3S/c1-24-12-21-32(33)31(22-24)27-17-13-25(14-18-27)23-26-15-19-30(20-16-26)34(28-8-4-2-5-9-28)29-10-6-3-7-11-29;2*2-1(3,4)8(5,6)7/h2-22H,23H2,1H3;2*(H,5,6,7)/q+1;;/p-1. The van der Waals surface area contributed by atoms with E-state index in [9.17, 15) is 26.3 Å². The van der Waals surface area contributed by atoms with Gasteiger partial charge in [-0.15, -0.1) is 0 Å². The van der Waals surface area contributed by atoms with Crippen molar-refractivity contribution in [2.75, 3.05) is 0 Å². The molecule has 5 aromatic rings. The van der Waals surface area contributed by atoms with Gasteiger partial charge in [-0.05, 0) is 101 Å². The molecule has 0 spiro atoms. The second-order valence-corrected chi connectivity index (χ2v) is 16.2. The van der Waals surface area contributed by atoms with Crippen LogP contribution < -0.4 is 0 Å². The highest BCUT2D eigenvalue weighted by molar-refractivity contribution is 14.1. The van der Waals surface area contributed by atoms with Gasteiger partial charge in [-0.2, -0.15) is 34.8 Å². The van der Waals surface area contributed by atoms with Crippen molar-refractivity contribution in [1.29, 1.82) is 0 Å². The molecule has 0 heterocycles. The molecule has 0 amide bonds. The number of hydrogen-bond acceptors (Lipinski definition) is 5. The molecular weight excluding hydrogens is 841 g/mol. The quantitative estimate of drug-likeness (QED) is 0.0599. The van der Waals surface area contributed by atoms with Crippen LogP contribution in [0, 0.1) is 10.5 Å². The van der Waals surface area contributed by atoms with Gasteiger partial charge >= 0.3 is 21.1 Å². The average molecular weight is 869 g/mol. The van der Waals surface area contributed by atoms with E-state index in [0.29, 0.717) is 0 Å². The zero-order chi connectivity index (χ0) is 37.3. The van der Waals surface area contributed by atoms with Crippen molar-refractivity contribution in [1.82, 2.24) is 0 Å². The van der Waals surface area contributed by atoms with E-state index in [1.165, 1.54) is 46.1 Å². The topological polar surface area (TPSA) is 112 Å². The van der Waals surface area contributed by atoms with Crippen LogP contribution in [0.1, 0.15) is 16.7 Å². The number of halogens is 7. The summed E-state index contributed by atoms with van der Waals surface area (Å²) in [6.07, 6.45) is 0.940. The Kier molecular flexibility index (Phi) is 14.1. The smallest absolute Gasteiger partial charge is 0.522 e. The van der Waals surface area contributed by atoms with Gasteiger partial charge < -0.3 is 4.55 Å². The number of rotatable bonds is 6. The van der Waals surface area contributed by atoms with Crippen molar-refractivity contribution in [3.05, 3.63) is 148 Å². The summed E-state index contributed by atoms with van der Waals surface area (Å²) in [7, 11) is -12.0. The minimum Gasteiger partial charge on any atom is -0.741 e. The van der Waals surface area contributed by atoms with E-state index in [0.717, 1.165) is 6.42 Å². The van der Waals surface area contributed by atoms with E-state index < -0.39 is 31.3 Å². The van der Waals surface area contributed by atoms with Crippen molar-refractivity contribution in [2.24, 2.45) is 0 Å². The fraction of sp³-hybridized carbons (Fsp3) is 0.118. The lowest BCUT2D eigenvalue weighted by molar-refractivity contribution is -0.0519. The van der Waals surface area contributed by atoms with E-state index in [-0.39, 0.29) is 10.9 Å². The molecule has 0 radical (unpaired) electrons. The van der Waals surface area contributed by atoms with Gasteiger partial charge in [0.2, 0.25) is 0 Å². The van der Waals surface area contributed by atoms with Crippen molar-refractivity contribution in [3.8, 4) is 11.1 Å². The molecule has 0 aliphatic rings. The van der Waals surface area contributed by atoms with Crippen LogP contribution >= 0.6 is 22.6 Å². The van der Waals surface area contributed by atoms with E-state index in [1.54, 1.807) is 0 Å². The van der Waals surface area contributed by atoms with Crippen molar-refractivity contribution in [2.45, 2.75) is 39.0 Å². The molecule has 0 aliphatic carbocycles. The van der Waals surface area contributed by atoms with Gasteiger partial charge in [0.05, 0.1) is 10.9 Å². The summed E-state index contributed by atoms with van der Waals surface area (Å²) < 4.78 is 118. The number of aryl methyl sites for hydroxylation is 1.